The fraction of sp³-hybridized carbons (Fsp3) is 0.261. The maximum atomic E-state index is 13.4. The normalized spacial score (nSPS) is 20.3. The maximum absolute atomic E-state index is 13.4. The number of rotatable bonds is 4. The van der Waals surface area contributed by atoms with E-state index in [2.05, 4.69) is 9.98 Å². The first-order chi connectivity index (χ1) is 15.2. The molecule has 5 rings (SSSR count). The second-order valence-electron chi connectivity index (χ2n) is 7.47. The fourth-order valence-corrected chi connectivity index (χ4v) is 5.76. The summed E-state index contributed by atoms with van der Waals surface area (Å²) in [7, 11) is 0. The van der Waals surface area contributed by atoms with Gasteiger partial charge in [0.25, 0.3) is 5.91 Å². The minimum Gasteiger partial charge on any atom is -0.457 e. The van der Waals surface area contributed by atoms with Gasteiger partial charge in [0.1, 0.15) is 11.5 Å². The molecule has 2 aromatic heterocycles. The molecule has 1 saturated carbocycles. The van der Waals surface area contributed by atoms with Gasteiger partial charge in [-0.15, -0.1) is 11.3 Å². The van der Waals surface area contributed by atoms with Crippen LogP contribution in [0.25, 0.3) is 17.4 Å². The molecule has 1 aliphatic carbocycles. The highest BCUT2D eigenvalue weighted by Gasteiger charge is 2.39. The molecule has 0 N–H and O–H groups in total. The fourth-order valence-electron chi connectivity index (χ4n) is 3.94. The lowest BCUT2D eigenvalue weighted by Crippen LogP contribution is -2.40. The summed E-state index contributed by atoms with van der Waals surface area (Å²) < 4.78 is 5.99. The number of thiazole rings is 1. The number of carbonyl (C=O) groups excluding carboxylic acids is 1. The van der Waals surface area contributed by atoms with E-state index in [1.54, 1.807) is 12.3 Å². The predicted molar refractivity (Wildman–Crippen MR) is 128 cm³/mol. The Bertz CT molecular complexity index is 1150. The summed E-state index contributed by atoms with van der Waals surface area (Å²) in [5, 5.41) is 3.89. The van der Waals surface area contributed by atoms with Crippen LogP contribution in [0.1, 0.15) is 37.9 Å². The lowest BCUT2D eigenvalue weighted by atomic mass is 9.94. The molecule has 0 bridgehead atoms. The topological polar surface area (TPSA) is 58.7 Å². The molecule has 0 unspecified atom stereocenters. The third kappa shape index (κ3) is 4.35. The molecule has 2 aliphatic rings. The smallest absolute Gasteiger partial charge is 0.267 e. The summed E-state index contributed by atoms with van der Waals surface area (Å²) in [6.45, 7) is 0. The molecule has 0 radical (unpaired) electrons. The van der Waals surface area contributed by atoms with Crippen LogP contribution in [0.4, 0.5) is 5.13 Å². The van der Waals surface area contributed by atoms with Crippen molar-refractivity contribution in [1.82, 2.24) is 9.88 Å². The highest BCUT2D eigenvalue weighted by molar-refractivity contribution is 8.18. The van der Waals surface area contributed by atoms with E-state index in [0.717, 1.165) is 31.2 Å². The Labute approximate surface area is 193 Å². The number of amides is 1. The molecule has 3 aromatic rings. The predicted octanol–water partition coefficient (Wildman–Crippen LogP) is 6.99. The van der Waals surface area contributed by atoms with Crippen LogP contribution in [0, 0.1) is 0 Å². The van der Waals surface area contributed by atoms with Crippen molar-refractivity contribution >= 4 is 57.0 Å². The quantitative estimate of drug-likeness (QED) is 0.386. The second kappa shape index (κ2) is 9.02. The SMILES string of the molecule is O=C1/C(=C\c2ccc(-c3ccccc3Cl)o2)S/C(=N/c2nccs2)N1C1CCCCC1. The average molecular weight is 470 g/mol. The summed E-state index contributed by atoms with van der Waals surface area (Å²) in [6, 6.07) is 11.5. The number of benzene rings is 1. The van der Waals surface area contributed by atoms with Crippen molar-refractivity contribution < 1.29 is 9.21 Å². The summed E-state index contributed by atoms with van der Waals surface area (Å²) in [6.07, 6.45) is 9.05. The Balaban J connectivity index is 1.46. The van der Waals surface area contributed by atoms with E-state index in [1.165, 1.54) is 29.5 Å². The van der Waals surface area contributed by atoms with Crippen molar-refractivity contribution in [3.05, 3.63) is 63.7 Å². The highest BCUT2D eigenvalue weighted by atomic mass is 35.5. The highest BCUT2D eigenvalue weighted by Crippen LogP contribution is 2.39. The minimum absolute atomic E-state index is 0.0112. The number of aromatic nitrogens is 1. The summed E-state index contributed by atoms with van der Waals surface area (Å²) >= 11 is 9.15. The molecule has 31 heavy (non-hydrogen) atoms. The van der Waals surface area contributed by atoms with Crippen molar-refractivity contribution in [1.29, 1.82) is 0 Å². The van der Waals surface area contributed by atoms with Gasteiger partial charge < -0.3 is 4.42 Å². The molecule has 158 valence electrons. The monoisotopic (exact) mass is 469 g/mol. The number of thioether (sulfide) groups is 1. The van der Waals surface area contributed by atoms with Gasteiger partial charge in [-0.05, 0) is 48.9 Å². The van der Waals surface area contributed by atoms with E-state index in [1.807, 2.05) is 46.7 Å². The molecule has 0 atom stereocenters. The lowest BCUT2D eigenvalue weighted by Gasteiger charge is -2.30. The third-order valence-electron chi connectivity index (χ3n) is 5.43. The number of nitrogens with zero attached hydrogens (tertiary/aromatic N) is 3. The van der Waals surface area contributed by atoms with E-state index in [9.17, 15) is 4.79 Å². The van der Waals surface area contributed by atoms with Gasteiger partial charge in [-0.3, -0.25) is 9.69 Å². The molecule has 2 fully saturated rings. The molecule has 3 heterocycles. The van der Waals surface area contributed by atoms with Gasteiger partial charge in [-0.25, -0.2) is 4.98 Å². The molecular weight excluding hydrogens is 450 g/mol. The summed E-state index contributed by atoms with van der Waals surface area (Å²) in [5.74, 6) is 1.28. The zero-order valence-electron chi connectivity index (χ0n) is 16.7. The first kappa shape index (κ1) is 20.5. The van der Waals surface area contributed by atoms with Crippen molar-refractivity contribution in [3.8, 4) is 11.3 Å². The molecule has 0 spiro atoms. The van der Waals surface area contributed by atoms with Crippen molar-refractivity contribution in [3.63, 3.8) is 0 Å². The van der Waals surface area contributed by atoms with Crippen LogP contribution in [0.15, 0.2) is 62.3 Å². The number of halogens is 1. The van der Waals surface area contributed by atoms with Gasteiger partial charge in [-0.1, -0.05) is 43.0 Å². The maximum Gasteiger partial charge on any atom is 0.267 e. The largest absolute Gasteiger partial charge is 0.457 e. The van der Waals surface area contributed by atoms with E-state index in [0.29, 0.717) is 31.7 Å². The average Bonchev–Trinajstić information content (AvgIpc) is 3.52. The van der Waals surface area contributed by atoms with Gasteiger partial charge in [0.2, 0.25) is 5.13 Å². The molecule has 1 saturated heterocycles. The molecular formula is C23H20ClN3O2S2. The minimum atomic E-state index is -0.0112. The van der Waals surface area contributed by atoms with Gasteiger partial charge >= 0.3 is 0 Å². The Hall–Kier alpha value is -2.35. The number of hydrogen-bond acceptors (Lipinski definition) is 6. The van der Waals surface area contributed by atoms with Gasteiger partial charge in [0.15, 0.2) is 5.17 Å². The first-order valence-electron chi connectivity index (χ1n) is 10.2. The zero-order valence-corrected chi connectivity index (χ0v) is 19.1. The Kier molecular flexibility index (Phi) is 5.98. The number of carbonyl (C=O) groups is 1. The van der Waals surface area contributed by atoms with Crippen LogP contribution in [0.2, 0.25) is 5.02 Å². The molecule has 1 aliphatic heterocycles. The van der Waals surface area contributed by atoms with Crippen LogP contribution in [0.3, 0.4) is 0 Å². The van der Waals surface area contributed by atoms with Crippen LogP contribution < -0.4 is 0 Å². The molecule has 1 amide bonds. The Morgan fingerprint density at radius 3 is 2.77 bits per heavy atom. The van der Waals surface area contributed by atoms with E-state index in [-0.39, 0.29) is 11.9 Å². The van der Waals surface area contributed by atoms with Crippen LogP contribution >= 0.6 is 34.7 Å². The summed E-state index contributed by atoms with van der Waals surface area (Å²) in [4.78, 5) is 24.8. The molecule has 5 nitrogen and oxygen atoms in total. The first-order valence-corrected chi connectivity index (χ1v) is 12.3. The standard InChI is InChI=1S/C23H20ClN3O2S2/c24-18-9-5-4-8-17(18)19-11-10-16(29-19)14-20-21(28)27(15-6-2-1-3-7-15)23(31-20)26-22-25-12-13-30-22/h4-5,8-15H,1-3,6-7H2/b20-14+,26-23+. The van der Waals surface area contributed by atoms with E-state index >= 15 is 0 Å². The van der Waals surface area contributed by atoms with Crippen molar-refractivity contribution in [2.45, 2.75) is 38.1 Å². The van der Waals surface area contributed by atoms with Crippen LogP contribution in [-0.2, 0) is 4.79 Å². The van der Waals surface area contributed by atoms with Gasteiger partial charge in [0, 0.05) is 29.3 Å². The number of furan rings is 1. The molecule has 8 heteroatoms. The Morgan fingerprint density at radius 1 is 1.16 bits per heavy atom. The third-order valence-corrected chi connectivity index (χ3v) is 7.40. The zero-order chi connectivity index (χ0) is 21.2. The van der Waals surface area contributed by atoms with Gasteiger partial charge in [-0.2, -0.15) is 4.99 Å². The van der Waals surface area contributed by atoms with E-state index < -0.39 is 0 Å². The number of amidine groups is 1. The van der Waals surface area contributed by atoms with Crippen molar-refractivity contribution in [2.75, 3.05) is 0 Å². The van der Waals surface area contributed by atoms with Crippen LogP contribution in [-0.4, -0.2) is 27.0 Å². The summed E-state index contributed by atoms with van der Waals surface area (Å²) in [5.41, 5.74) is 0.828. The van der Waals surface area contributed by atoms with Crippen molar-refractivity contribution in [2.24, 2.45) is 4.99 Å². The lowest BCUT2D eigenvalue weighted by molar-refractivity contribution is -0.124. The van der Waals surface area contributed by atoms with Gasteiger partial charge in [0.05, 0.1) is 9.93 Å². The second-order valence-corrected chi connectivity index (χ2v) is 9.76. The molecule has 1 aromatic carbocycles. The van der Waals surface area contributed by atoms with E-state index in [4.69, 9.17) is 16.0 Å². The van der Waals surface area contributed by atoms with Crippen LogP contribution in [0.5, 0.6) is 0 Å². The Morgan fingerprint density at radius 2 is 2.00 bits per heavy atom. The number of hydrogen-bond donors (Lipinski definition) is 0. The number of aliphatic imine (C=N–C) groups is 1.